The van der Waals surface area contributed by atoms with Crippen LogP contribution in [-0.2, 0) is 14.3 Å². The lowest BCUT2D eigenvalue weighted by atomic mass is 9.95. The molecule has 1 aliphatic carbocycles. The number of nitrogens with zero attached hydrogens (tertiary/aromatic N) is 3. The summed E-state index contributed by atoms with van der Waals surface area (Å²) >= 11 is 6.41. The first kappa shape index (κ1) is 34.9. The van der Waals surface area contributed by atoms with E-state index in [1.165, 1.54) is 0 Å². The first-order valence-electron chi connectivity index (χ1n) is 12.4. The number of carbonyl (C=O) groups is 3. The Morgan fingerprint density at radius 3 is 2.24 bits per heavy atom. The maximum Gasteiger partial charge on any atom is 0.251 e. The summed E-state index contributed by atoms with van der Waals surface area (Å²) in [6.45, 7) is 4.21. The molecule has 4 aliphatic rings. The highest BCUT2D eigenvalue weighted by Gasteiger charge is 2.53. The number of hydrogen-bond acceptors (Lipinski definition) is 6. The second-order valence-corrected chi connectivity index (χ2v) is 10.6. The summed E-state index contributed by atoms with van der Waals surface area (Å²) in [5.41, 5.74) is 1.63. The maximum atomic E-state index is 13.7. The van der Waals surface area contributed by atoms with E-state index in [9.17, 15) is 14.4 Å². The predicted molar refractivity (Wildman–Crippen MR) is 167 cm³/mol. The largest absolute Gasteiger partial charge is 0.369 e. The number of piperazine rings is 1. The summed E-state index contributed by atoms with van der Waals surface area (Å²) in [6.07, 6.45) is 3.39. The monoisotopic (exact) mass is 606 g/mol. The molecule has 12 heteroatoms. The summed E-state index contributed by atoms with van der Waals surface area (Å²) in [7, 11) is 2.12. The van der Waals surface area contributed by atoms with Gasteiger partial charge in [0.05, 0.1) is 5.38 Å². The number of alkyl halides is 1. The fourth-order valence-corrected chi connectivity index (χ4v) is 6.15. The first-order chi connectivity index (χ1) is 16.4. The third kappa shape index (κ3) is 7.14. The number of rotatable bonds is 5. The number of benzene rings is 1. The normalized spacial score (nSPS) is 25.8. The number of ketones is 1. The van der Waals surface area contributed by atoms with Gasteiger partial charge < -0.3 is 24.8 Å². The van der Waals surface area contributed by atoms with Gasteiger partial charge in [-0.2, -0.15) is 40.5 Å². The Morgan fingerprint density at radius 1 is 1.03 bits per heavy atom. The number of hydrogen-bond donors (Lipinski definition) is 1. The van der Waals surface area contributed by atoms with Gasteiger partial charge in [-0.15, -0.1) is 11.6 Å². The zero-order valence-corrected chi connectivity index (χ0v) is 24.9. The highest BCUT2D eigenvalue weighted by atomic mass is 35.5. The van der Waals surface area contributed by atoms with Crippen molar-refractivity contribution >= 4 is 75.4 Å². The van der Waals surface area contributed by atoms with Crippen LogP contribution in [0.5, 0.6) is 0 Å². The van der Waals surface area contributed by atoms with Gasteiger partial charge in [-0.25, -0.2) is 0 Å². The molecule has 1 aromatic carbocycles. The van der Waals surface area contributed by atoms with Gasteiger partial charge in [-0.1, -0.05) is 20.3 Å². The highest BCUT2D eigenvalue weighted by Crippen LogP contribution is 2.34. The zero-order valence-electron chi connectivity index (χ0n) is 21.1. The third-order valence-electron chi connectivity index (χ3n) is 7.83. The fourth-order valence-electron chi connectivity index (χ4n) is 5.79. The van der Waals surface area contributed by atoms with Gasteiger partial charge in [-0.05, 0) is 50.1 Å². The van der Waals surface area contributed by atoms with E-state index in [0.29, 0.717) is 5.56 Å². The number of nitrogens with one attached hydrogen (secondary N) is 1. The molecule has 3 heterocycles. The molecule has 4 atom stereocenters. The smallest absolute Gasteiger partial charge is 0.251 e. The van der Waals surface area contributed by atoms with Crippen LogP contribution in [0.4, 0.5) is 5.69 Å². The number of ether oxygens (including phenoxy) is 1. The van der Waals surface area contributed by atoms with Gasteiger partial charge in [0.15, 0.2) is 5.78 Å². The quantitative estimate of drug-likeness (QED) is 0.519. The Bertz CT molecular complexity index is 943. The molecule has 5 rings (SSSR count). The summed E-state index contributed by atoms with van der Waals surface area (Å²) < 4.78 is 5.54. The van der Waals surface area contributed by atoms with Crippen molar-refractivity contribution in [2.24, 2.45) is 5.92 Å². The van der Waals surface area contributed by atoms with Gasteiger partial charge in [-0.3, -0.25) is 14.4 Å². The van der Waals surface area contributed by atoms with Crippen molar-refractivity contribution in [2.75, 3.05) is 51.3 Å². The van der Waals surface area contributed by atoms with Crippen LogP contribution < -0.4 is 10.2 Å². The number of fused-ring (bicyclic) bond motifs is 1. The topological polar surface area (TPSA) is 82.2 Å². The van der Waals surface area contributed by atoms with Gasteiger partial charge in [0.2, 0.25) is 5.91 Å². The lowest BCUT2D eigenvalue weighted by Gasteiger charge is -2.34. The molecular formula is C26H43ClN4O4S3. The molecule has 0 unspecified atom stereocenters. The molecule has 1 N–H and O–H groups in total. The maximum absolute atomic E-state index is 13.7. The van der Waals surface area contributed by atoms with Crippen LogP contribution >= 0.6 is 52.1 Å². The van der Waals surface area contributed by atoms with E-state index >= 15 is 0 Å². The Balaban J connectivity index is 0.00000180. The Kier molecular flexibility index (Phi) is 13.8. The Hall–Kier alpha value is -1.11. The summed E-state index contributed by atoms with van der Waals surface area (Å²) in [5.74, 6) is -0.530. The molecular weight excluding hydrogens is 564 g/mol. The summed E-state index contributed by atoms with van der Waals surface area (Å²) in [6, 6.07) is 6.30. The molecule has 216 valence electrons. The van der Waals surface area contributed by atoms with Crippen LogP contribution in [0.15, 0.2) is 24.3 Å². The minimum Gasteiger partial charge on any atom is -0.369 e. The van der Waals surface area contributed by atoms with E-state index in [2.05, 4.69) is 22.2 Å². The minimum atomic E-state index is -0.664. The van der Waals surface area contributed by atoms with Crippen LogP contribution in [0.1, 0.15) is 43.5 Å². The summed E-state index contributed by atoms with van der Waals surface area (Å²) in [4.78, 5) is 45.4. The van der Waals surface area contributed by atoms with E-state index in [1.807, 2.05) is 24.3 Å². The molecule has 0 bridgehead atoms. The molecule has 38 heavy (non-hydrogen) atoms. The standard InChI is InChI=1S/C25H33ClN4O4.CH4.3H2S/c1-28-10-12-29(13-11-28)18-8-6-17(7-9-18)24(32)27-21(16-4-2-3-5-16)25(33)30-14-19(26)23-22(30)20(31)15-34-23;;;;/h6-9,16,19,21-23H,2-5,10-15H2,1H3,(H,27,32);1H4;3*1H2/t19-,21+,22-,23-;;;;/m1..../s1. The van der Waals surface area contributed by atoms with Crippen LogP contribution in [0.2, 0.25) is 0 Å². The third-order valence-corrected chi connectivity index (χ3v) is 8.21. The van der Waals surface area contributed by atoms with Gasteiger partial charge >= 0.3 is 0 Å². The van der Waals surface area contributed by atoms with Crippen molar-refractivity contribution in [3.8, 4) is 0 Å². The van der Waals surface area contributed by atoms with Gasteiger partial charge in [0, 0.05) is 44.0 Å². The molecule has 0 radical (unpaired) electrons. The SMILES string of the molecule is C.CN1CCN(c2ccc(C(=O)N[C@H](C(=O)N3C[C@@H](Cl)[C@H]4OCC(=O)[C@H]43)C3CCCC3)cc2)CC1.S.S.S. The second-order valence-electron chi connectivity index (χ2n) is 10.0. The van der Waals surface area contributed by atoms with Gasteiger partial charge in [0.25, 0.3) is 5.91 Å². The van der Waals surface area contributed by atoms with Crippen LogP contribution in [0.25, 0.3) is 0 Å². The molecule has 4 fully saturated rings. The molecule has 1 saturated carbocycles. The number of likely N-dealkylation sites (N-methyl/N-ethyl adjacent to an activating group) is 1. The fraction of sp³-hybridized carbons (Fsp3) is 0.654. The average molecular weight is 607 g/mol. The number of likely N-dealkylation sites (tertiary alicyclic amines) is 1. The zero-order chi connectivity index (χ0) is 23.8. The lowest BCUT2D eigenvalue weighted by Crippen LogP contribution is -2.54. The van der Waals surface area contributed by atoms with Crippen molar-refractivity contribution in [1.82, 2.24) is 15.1 Å². The molecule has 1 aromatic rings. The van der Waals surface area contributed by atoms with E-state index in [4.69, 9.17) is 16.3 Å². The van der Waals surface area contributed by atoms with E-state index in [0.717, 1.165) is 57.5 Å². The van der Waals surface area contributed by atoms with Crippen LogP contribution in [0, 0.1) is 5.92 Å². The van der Waals surface area contributed by atoms with E-state index < -0.39 is 23.6 Å². The predicted octanol–water partition coefficient (Wildman–Crippen LogP) is 2.49. The van der Waals surface area contributed by atoms with E-state index in [1.54, 1.807) is 4.90 Å². The Morgan fingerprint density at radius 2 is 1.63 bits per heavy atom. The van der Waals surface area contributed by atoms with E-state index in [-0.39, 0.29) is 84.6 Å². The number of Topliss-reactive ketones (excluding diaryl/α,β-unsaturated/α-hetero) is 1. The van der Waals surface area contributed by atoms with Crippen molar-refractivity contribution in [3.63, 3.8) is 0 Å². The molecule has 0 spiro atoms. The van der Waals surface area contributed by atoms with Crippen molar-refractivity contribution in [3.05, 3.63) is 29.8 Å². The van der Waals surface area contributed by atoms with Crippen LogP contribution in [0.3, 0.4) is 0 Å². The molecule has 3 saturated heterocycles. The number of amides is 2. The Labute approximate surface area is 252 Å². The van der Waals surface area contributed by atoms with Crippen molar-refractivity contribution in [2.45, 2.75) is 56.7 Å². The number of carbonyl (C=O) groups excluding carboxylic acids is 3. The second kappa shape index (κ2) is 15.0. The molecule has 2 amide bonds. The van der Waals surface area contributed by atoms with Crippen molar-refractivity contribution in [1.29, 1.82) is 0 Å². The number of halogens is 1. The molecule has 0 aromatic heterocycles. The van der Waals surface area contributed by atoms with Crippen molar-refractivity contribution < 1.29 is 19.1 Å². The lowest BCUT2D eigenvalue weighted by molar-refractivity contribution is -0.139. The molecule has 8 nitrogen and oxygen atoms in total. The minimum absolute atomic E-state index is 0. The molecule has 3 aliphatic heterocycles. The highest BCUT2D eigenvalue weighted by molar-refractivity contribution is 7.59. The average Bonchev–Trinajstić information content (AvgIpc) is 3.58. The van der Waals surface area contributed by atoms with Gasteiger partial charge in [0.1, 0.15) is 24.8 Å². The summed E-state index contributed by atoms with van der Waals surface area (Å²) in [5, 5.41) is 2.61. The van der Waals surface area contributed by atoms with Crippen LogP contribution in [-0.4, -0.2) is 97.3 Å². The number of anilines is 1. The first-order valence-corrected chi connectivity index (χ1v) is 12.8.